The van der Waals surface area contributed by atoms with Gasteiger partial charge in [0.1, 0.15) is 29.7 Å². The molecule has 0 fully saturated rings. The number of aryl methyl sites for hydroxylation is 1. The zero-order valence-electron chi connectivity index (χ0n) is 22.8. The molecule has 0 aliphatic carbocycles. The van der Waals surface area contributed by atoms with Crippen LogP contribution in [-0.4, -0.2) is 27.9 Å². The predicted molar refractivity (Wildman–Crippen MR) is 151 cm³/mol. The maximum atomic E-state index is 14.3. The molecule has 0 spiro atoms. The van der Waals surface area contributed by atoms with Crippen LogP contribution in [0.5, 0.6) is 11.5 Å². The van der Waals surface area contributed by atoms with Gasteiger partial charge in [0.05, 0.1) is 22.7 Å². The summed E-state index contributed by atoms with van der Waals surface area (Å²) in [7, 11) is -2.50. The van der Waals surface area contributed by atoms with Crippen molar-refractivity contribution in [2.45, 2.75) is 52.0 Å². The van der Waals surface area contributed by atoms with Gasteiger partial charge < -0.3 is 9.47 Å². The zero-order chi connectivity index (χ0) is 28.5. The highest BCUT2D eigenvalue weighted by Gasteiger charge is 2.37. The van der Waals surface area contributed by atoms with Crippen molar-refractivity contribution >= 4 is 33.1 Å². The first kappa shape index (κ1) is 28.9. The number of halogens is 2. The Morgan fingerprint density at radius 1 is 1.15 bits per heavy atom. The van der Waals surface area contributed by atoms with E-state index in [4.69, 9.17) is 21.1 Å². The Morgan fingerprint density at radius 2 is 1.90 bits per heavy atom. The molecular formula is C30H33ClFNO5S. The third kappa shape index (κ3) is 6.07. The number of sulfonamides is 1. The van der Waals surface area contributed by atoms with E-state index in [2.05, 4.69) is 0 Å². The van der Waals surface area contributed by atoms with Crippen molar-refractivity contribution in [3.63, 3.8) is 0 Å². The van der Waals surface area contributed by atoms with E-state index in [1.807, 2.05) is 26.8 Å². The van der Waals surface area contributed by atoms with Crippen molar-refractivity contribution in [2.24, 2.45) is 11.3 Å². The van der Waals surface area contributed by atoms with Crippen LogP contribution in [0.1, 0.15) is 43.9 Å². The molecule has 1 aliphatic heterocycles. The van der Waals surface area contributed by atoms with Crippen molar-refractivity contribution in [3.8, 4) is 11.5 Å². The summed E-state index contributed by atoms with van der Waals surface area (Å²) >= 11 is 6.15. The molecule has 3 aromatic carbocycles. The number of ketones is 1. The fourth-order valence-electron chi connectivity index (χ4n) is 4.89. The largest absolute Gasteiger partial charge is 0.496 e. The van der Waals surface area contributed by atoms with Gasteiger partial charge in [0, 0.05) is 29.7 Å². The lowest BCUT2D eigenvalue weighted by Gasteiger charge is -2.38. The van der Waals surface area contributed by atoms with Gasteiger partial charge in [-0.1, -0.05) is 43.6 Å². The second-order valence-electron chi connectivity index (χ2n) is 10.7. The molecule has 0 amide bonds. The first-order valence-electron chi connectivity index (χ1n) is 12.7. The highest BCUT2D eigenvalue weighted by Crippen LogP contribution is 2.41. The number of carbonyl (C=O) groups is 1. The van der Waals surface area contributed by atoms with Crippen LogP contribution in [0.25, 0.3) is 0 Å². The molecular weight excluding hydrogens is 541 g/mol. The van der Waals surface area contributed by atoms with Gasteiger partial charge >= 0.3 is 0 Å². The van der Waals surface area contributed by atoms with Gasteiger partial charge in [-0.3, -0.25) is 9.10 Å². The molecule has 0 saturated carbocycles. The summed E-state index contributed by atoms with van der Waals surface area (Å²) in [6, 6.07) is 14.5. The van der Waals surface area contributed by atoms with Gasteiger partial charge in [-0.15, -0.1) is 0 Å². The number of carbonyl (C=O) groups excluding carboxylic acids is 1. The van der Waals surface area contributed by atoms with Crippen LogP contribution in [0.4, 0.5) is 10.1 Å². The van der Waals surface area contributed by atoms with Gasteiger partial charge in [0.15, 0.2) is 0 Å². The van der Waals surface area contributed by atoms with Crippen molar-refractivity contribution in [1.29, 1.82) is 0 Å². The standard InChI is InChI=1S/C30H33ClFNO5S/c1-19-9-12-24(15-29(19)37-5)39(35,36)33-17-21(16-30(3,4)20(2)34)13-22-10-11-23(14-28(22)33)38-18-25-26(31)7-6-8-27(25)32/h6-12,14-15,21H,13,16-18H2,1-5H3. The van der Waals surface area contributed by atoms with Crippen LogP contribution in [0.15, 0.2) is 59.5 Å². The molecule has 1 heterocycles. The highest BCUT2D eigenvalue weighted by molar-refractivity contribution is 7.92. The molecule has 1 atom stereocenters. The second-order valence-corrected chi connectivity index (χ2v) is 12.9. The van der Waals surface area contributed by atoms with Crippen LogP contribution in [0.3, 0.4) is 0 Å². The van der Waals surface area contributed by atoms with Crippen LogP contribution in [0.2, 0.25) is 5.02 Å². The Morgan fingerprint density at radius 3 is 2.56 bits per heavy atom. The van der Waals surface area contributed by atoms with E-state index in [9.17, 15) is 17.6 Å². The van der Waals surface area contributed by atoms with Crippen LogP contribution in [0, 0.1) is 24.1 Å². The summed E-state index contributed by atoms with van der Waals surface area (Å²) in [5.41, 5.74) is 1.76. The van der Waals surface area contributed by atoms with Gasteiger partial charge in [0.2, 0.25) is 0 Å². The van der Waals surface area contributed by atoms with E-state index < -0.39 is 21.3 Å². The van der Waals surface area contributed by atoms with Gasteiger partial charge in [-0.05, 0) is 68.0 Å². The van der Waals surface area contributed by atoms with E-state index in [0.29, 0.717) is 30.0 Å². The summed E-state index contributed by atoms with van der Waals surface area (Å²) < 4.78 is 55.0. The first-order valence-corrected chi connectivity index (χ1v) is 14.5. The normalized spacial score (nSPS) is 15.6. The Bertz CT molecular complexity index is 1480. The minimum Gasteiger partial charge on any atom is -0.496 e. The van der Waals surface area contributed by atoms with E-state index in [1.54, 1.807) is 37.3 Å². The number of rotatable bonds is 9. The maximum absolute atomic E-state index is 14.3. The average Bonchev–Trinajstić information content (AvgIpc) is 2.87. The zero-order valence-corrected chi connectivity index (χ0v) is 24.3. The molecule has 1 unspecified atom stereocenters. The quantitative estimate of drug-likeness (QED) is 0.283. The van der Waals surface area contributed by atoms with Gasteiger partial charge in [-0.25, -0.2) is 12.8 Å². The number of hydrogen-bond acceptors (Lipinski definition) is 5. The number of Topliss-reactive ketones (excluding diaryl/α,β-unsaturated/α-hetero) is 1. The second kappa shape index (κ2) is 11.2. The van der Waals surface area contributed by atoms with Crippen LogP contribution < -0.4 is 13.8 Å². The van der Waals surface area contributed by atoms with Crippen molar-refractivity contribution in [1.82, 2.24) is 0 Å². The fourth-order valence-corrected chi connectivity index (χ4v) is 6.69. The molecule has 6 nitrogen and oxygen atoms in total. The lowest BCUT2D eigenvalue weighted by molar-refractivity contribution is -0.125. The fraction of sp³-hybridized carbons (Fsp3) is 0.367. The Hall–Kier alpha value is -3.10. The number of anilines is 1. The third-order valence-electron chi connectivity index (χ3n) is 7.42. The number of benzene rings is 3. The van der Waals surface area contributed by atoms with Crippen LogP contribution >= 0.6 is 11.6 Å². The molecule has 9 heteroatoms. The van der Waals surface area contributed by atoms with Crippen molar-refractivity contribution in [2.75, 3.05) is 18.0 Å². The summed E-state index contributed by atoms with van der Waals surface area (Å²) in [4.78, 5) is 12.4. The summed E-state index contributed by atoms with van der Waals surface area (Å²) in [5, 5.41) is 0.251. The minimum absolute atomic E-state index is 0.0570. The molecule has 0 bridgehead atoms. The lowest BCUT2D eigenvalue weighted by Crippen LogP contribution is -2.42. The van der Waals surface area contributed by atoms with Crippen molar-refractivity contribution < 1.29 is 27.1 Å². The Labute approximate surface area is 234 Å². The molecule has 0 N–H and O–H groups in total. The van der Waals surface area contributed by atoms with Gasteiger partial charge in [-0.2, -0.15) is 0 Å². The van der Waals surface area contributed by atoms with E-state index >= 15 is 0 Å². The highest BCUT2D eigenvalue weighted by atomic mass is 35.5. The number of nitrogens with zero attached hydrogens (tertiary/aromatic N) is 1. The monoisotopic (exact) mass is 573 g/mol. The number of hydrogen-bond donors (Lipinski definition) is 0. The Kier molecular flexibility index (Phi) is 8.28. The first-order chi connectivity index (χ1) is 18.3. The molecule has 39 heavy (non-hydrogen) atoms. The molecule has 0 radical (unpaired) electrons. The predicted octanol–water partition coefficient (Wildman–Crippen LogP) is 6.75. The average molecular weight is 574 g/mol. The smallest absolute Gasteiger partial charge is 0.264 e. The molecule has 208 valence electrons. The van der Waals surface area contributed by atoms with Crippen molar-refractivity contribution in [3.05, 3.63) is 82.1 Å². The number of methoxy groups -OCH3 is 1. The summed E-state index contributed by atoms with van der Waals surface area (Å²) in [6.45, 7) is 7.27. The SMILES string of the molecule is COc1cc(S(=O)(=O)N2CC(CC(C)(C)C(C)=O)Cc3ccc(OCc4c(F)cccc4Cl)cc32)ccc1C. The van der Waals surface area contributed by atoms with E-state index in [1.165, 1.54) is 29.6 Å². The van der Waals surface area contributed by atoms with E-state index in [0.717, 1.165) is 11.1 Å². The third-order valence-corrected chi connectivity index (χ3v) is 9.55. The van der Waals surface area contributed by atoms with E-state index in [-0.39, 0.29) is 40.3 Å². The van der Waals surface area contributed by atoms with Gasteiger partial charge in [0.25, 0.3) is 10.0 Å². The Balaban J connectivity index is 1.73. The molecule has 0 saturated heterocycles. The number of fused-ring (bicyclic) bond motifs is 1. The molecule has 4 rings (SSSR count). The lowest BCUT2D eigenvalue weighted by atomic mass is 9.77. The summed E-state index contributed by atoms with van der Waals surface area (Å²) in [6.07, 6.45) is 1.14. The molecule has 3 aromatic rings. The minimum atomic E-state index is -4.00. The maximum Gasteiger partial charge on any atom is 0.264 e. The van der Waals surface area contributed by atoms with Crippen LogP contribution in [-0.2, 0) is 27.8 Å². The topological polar surface area (TPSA) is 72.9 Å². The molecule has 1 aliphatic rings. The molecule has 0 aromatic heterocycles. The summed E-state index contributed by atoms with van der Waals surface area (Å²) in [5.74, 6) is 0.358. The number of ether oxygens (including phenoxy) is 2.